The number of benzene rings is 3. The Kier molecular flexibility index (Phi) is 12.1. The van der Waals surface area contributed by atoms with E-state index in [0.29, 0.717) is 46.9 Å². The number of fused-ring (bicyclic) bond motifs is 1. The molecule has 4 saturated heterocycles. The number of hydrogen-bond donors (Lipinski definition) is 1. The van der Waals surface area contributed by atoms with Crippen LogP contribution in [0.15, 0.2) is 72.9 Å². The number of piperidine rings is 2. The van der Waals surface area contributed by atoms with E-state index in [-0.39, 0.29) is 18.3 Å². The normalized spacial score (nSPS) is 20.9. The van der Waals surface area contributed by atoms with Gasteiger partial charge in [0.1, 0.15) is 18.4 Å². The highest BCUT2D eigenvalue weighted by molar-refractivity contribution is 6.30. The van der Waals surface area contributed by atoms with Gasteiger partial charge in [-0.3, -0.25) is 29.4 Å². The zero-order valence-electron chi connectivity index (χ0n) is 34.8. The standard InChI is InChI=1S/C47H51ClN8O5/c1-30-4-7-39(21-41(30)45(60)56(29-57)42-10-11-43(58)52-44(42)59)54-16-13-31(14-17-54)23-53-24-33-26-55(27-34(33)25-53)46-50-15-12-38(51-46)28-61-40-8-5-35(6-9-40)47(2,3)36-18-32(22-49)19-37(48)20-36/h4-9,12,15,18-21,29,31,33-34,42H,10-11,13-14,16-17,23-28H2,1-3H3,(H,52,58,59). The van der Waals surface area contributed by atoms with Crippen LogP contribution >= 0.6 is 11.6 Å². The van der Waals surface area contributed by atoms with Crippen molar-refractivity contribution < 1.29 is 23.9 Å². The Hall–Kier alpha value is -5.84. The average Bonchev–Trinajstić information content (AvgIpc) is 3.83. The number of nitriles is 1. The Bertz CT molecular complexity index is 2340. The van der Waals surface area contributed by atoms with Crippen LogP contribution in [0.4, 0.5) is 11.6 Å². The molecule has 8 rings (SSSR count). The molecule has 3 atom stereocenters. The van der Waals surface area contributed by atoms with Crippen LogP contribution in [0.25, 0.3) is 0 Å². The van der Waals surface area contributed by atoms with E-state index < -0.39 is 23.8 Å². The van der Waals surface area contributed by atoms with Gasteiger partial charge in [0.2, 0.25) is 24.2 Å². The van der Waals surface area contributed by atoms with Crippen LogP contribution in [0.1, 0.15) is 77.8 Å². The van der Waals surface area contributed by atoms with E-state index in [2.05, 4.69) is 57.0 Å². The first-order chi connectivity index (χ1) is 29.4. The molecule has 0 spiro atoms. The van der Waals surface area contributed by atoms with Crippen molar-refractivity contribution in [1.29, 1.82) is 5.26 Å². The Morgan fingerprint density at radius 1 is 0.967 bits per heavy atom. The molecule has 4 fully saturated rings. The summed E-state index contributed by atoms with van der Waals surface area (Å²) in [7, 11) is 0. The summed E-state index contributed by atoms with van der Waals surface area (Å²) in [6.45, 7) is 13.2. The third-order valence-corrected chi connectivity index (χ3v) is 13.3. The molecule has 4 aromatic rings. The van der Waals surface area contributed by atoms with Gasteiger partial charge in [0.05, 0.1) is 17.3 Å². The lowest BCUT2D eigenvalue weighted by Crippen LogP contribution is -2.54. The van der Waals surface area contributed by atoms with Gasteiger partial charge in [-0.05, 0) is 109 Å². The van der Waals surface area contributed by atoms with Crippen LogP contribution < -0.4 is 19.9 Å². The molecule has 13 nitrogen and oxygen atoms in total. The summed E-state index contributed by atoms with van der Waals surface area (Å²) in [4.78, 5) is 67.4. The summed E-state index contributed by atoms with van der Waals surface area (Å²) in [5.74, 6) is 1.67. The number of carbonyl (C=O) groups excluding carboxylic acids is 4. The topological polar surface area (TPSA) is 152 Å². The lowest BCUT2D eigenvalue weighted by atomic mass is 9.78. The first-order valence-electron chi connectivity index (χ1n) is 21.1. The monoisotopic (exact) mass is 842 g/mol. The number of likely N-dealkylation sites (tertiary alicyclic amines) is 1. The molecule has 14 heteroatoms. The zero-order chi connectivity index (χ0) is 42.8. The van der Waals surface area contributed by atoms with Crippen molar-refractivity contribution >= 4 is 47.4 Å². The second-order valence-electron chi connectivity index (χ2n) is 17.5. The number of rotatable bonds is 12. The van der Waals surface area contributed by atoms with Gasteiger partial charge in [0.25, 0.3) is 5.91 Å². The van der Waals surface area contributed by atoms with Gasteiger partial charge in [-0.1, -0.05) is 43.6 Å². The maximum atomic E-state index is 13.5. The molecule has 0 saturated carbocycles. The number of nitrogens with one attached hydrogen (secondary N) is 1. The number of halogens is 1. The molecule has 5 heterocycles. The number of aromatic nitrogens is 2. The van der Waals surface area contributed by atoms with Gasteiger partial charge >= 0.3 is 0 Å². The Balaban J connectivity index is 0.798. The lowest BCUT2D eigenvalue weighted by molar-refractivity contribution is -0.139. The third kappa shape index (κ3) is 9.11. The Morgan fingerprint density at radius 3 is 2.39 bits per heavy atom. The summed E-state index contributed by atoms with van der Waals surface area (Å²) < 4.78 is 6.16. The number of amides is 4. The minimum Gasteiger partial charge on any atom is -0.487 e. The van der Waals surface area contributed by atoms with Gasteiger partial charge < -0.3 is 19.4 Å². The van der Waals surface area contributed by atoms with E-state index in [0.717, 1.165) is 103 Å². The van der Waals surface area contributed by atoms with Crippen molar-refractivity contribution in [3.05, 3.63) is 111 Å². The maximum absolute atomic E-state index is 13.5. The number of imide groups is 2. The van der Waals surface area contributed by atoms with Gasteiger partial charge in [0.15, 0.2) is 0 Å². The number of carbonyl (C=O) groups is 4. The Labute approximate surface area is 361 Å². The molecule has 3 aromatic carbocycles. The lowest BCUT2D eigenvalue weighted by Gasteiger charge is -2.36. The predicted octanol–water partition coefficient (Wildman–Crippen LogP) is 5.90. The zero-order valence-corrected chi connectivity index (χ0v) is 35.6. The number of ether oxygens (including phenoxy) is 1. The number of nitrogens with zero attached hydrogens (tertiary/aromatic N) is 7. The van der Waals surface area contributed by atoms with Gasteiger partial charge in [-0.25, -0.2) is 9.97 Å². The SMILES string of the molecule is Cc1ccc(N2CCC(CN3CC4CN(c5nccc(COc6ccc(C(C)(C)c7cc(Cl)cc(C#N)c7)cc6)n5)CC4C3)CC2)cc1C(=O)N(C=O)C1CCC(=O)NC1=O. The van der Waals surface area contributed by atoms with Crippen LogP contribution in [-0.2, 0) is 26.4 Å². The minimum absolute atomic E-state index is 0.0817. The first-order valence-corrected chi connectivity index (χ1v) is 21.5. The van der Waals surface area contributed by atoms with Crippen molar-refractivity contribution in [2.24, 2.45) is 17.8 Å². The Morgan fingerprint density at radius 2 is 1.70 bits per heavy atom. The summed E-state index contributed by atoms with van der Waals surface area (Å²) in [6.07, 6.45) is 4.51. The highest BCUT2D eigenvalue weighted by atomic mass is 35.5. The molecule has 4 aliphatic rings. The molecule has 1 N–H and O–H groups in total. The summed E-state index contributed by atoms with van der Waals surface area (Å²) in [5.41, 5.74) is 5.11. The molecular weight excluding hydrogens is 792 g/mol. The molecular formula is C47H51ClN8O5. The maximum Gasteiger partial charge on any atom is 0.261 e. The number of anilines is 2. The molecule has 316 valence electrons. The predicted molar refractivity (Wildman–Crippen MR) is 231 cm³/mol. The third-order valence-electron chi connectivity index (χ3n) is 13.1. The number of hydrogen-bond acceptors (Lipinski definition) is 11. The largest absolute Gasteiger partial charge is 0.487 e. The van der Waals surface area contributed by atoms with E-state index in [1.54, 1.807) is 6.07 Å². The van der Waals surface area contributed by atoms with Crippen LogP contribution in [0.3, 0.4) is 0 Å². The van der Waals surface area contributed by atoms with E-state index in [9.17, 15) is 24.4 Å². The minimum atomic E-state index is -1.00. The smallest absolute Gasteiger partial charge is 0.261 e. The summed E-state index contributed by atoms with van der Waals surface area (Å²) >= 11 is 6.31. The first kappa shape index (κ1) is 41.9. The number of aryl methyl sites for hydroxylation is 1. The van der Waals surface area contributed by atoms with Crippen LogP contribution in [0.2, 0.25) is 5.02 Å². The van der Waals surface area contributed by atoms with E-state index in [1.165, 1.54) is 0 Å². The summed E-state index contributed by atoms with van der Waals surface area (Å²) in [6, 6.07) is 22.3. The van der Waals surface area contributed by atoms with E-state index >= 15 is 0 Å². The fraction of sp³-hybridized carbons (Fsp3) is 0.426. The second-order valence-corrected chi connectivity index (χ2v) is 17.9. The van der Waals surface area contributed by atoms with Gasteiger partial charge in [-0.15, -0.1) is 0 Å². The van der Waals surface area contributed by atoms with Crippen molar-refractivity contribution in [2.75, 3.05) is 55.6 Å². The highest BCUT2D eigenvalue weighted by Crippen LogP contribution is 2.36. The van der Waals surface area contributed by atoms with E-state index in [1.807, 2.05) is 61.7 Å². The van der Waals surface area contributed by atoms with Crippen molar-refractivity contribution in [2.45, 2.75) is 64.5 Å². The molecule has 0 radical (unpaired) electrons. The molecule has 4 amide bonds. The van der Waals surface area contributed by atoms with Crippen LogP contribution in [-0.4, -0.2) is 95.8 Å². The fourth-order valence-electron chi connectivity index (χ4n) is 9.45. The molecule has 0 bridgehead atoms. The van der Waals surface area contributed by atoms with Crippen molar-refractivity contribution in [1.82, 2.24) is 25.1 Å². The second kappa shape index (κ2) is 17.6. The van der Waals surface area contributed by atoms with Crippen LogP contribution in [0, 0.1) is 36.0 Å². The summed E-state index contributed by atoms with van der Waals surface area (Å²) in [5, 5.41) is 12.2. The molecule has 3 unspecified atom stereocenters. The van der Waals surface area contributed by atoms with Crippen LogP contribution in [0.5, 0.6) is 5.75 Å². The molecule has 1 aromatic heterocycles. The molecule has 61 heavy (non-hydrogen) atoms. The van der Waals surface area contributed by atoms with Crippen molar-refractivity contribution in [3.63, 3.8) is 0 Å². The molecule has 0 aliphatic carbocycles. The fourth-order valence-corrected chi connectivity index (χ4v) is 9.69. The van der Waals surface area contributed by atoms with Crippen molar-refractivity contribution in [3.8, 4) is 11.8 Å². The molecule has 4 aliphatic heterocycles. The quantitative estimate of drug-likeness (QED) is 0.134. The van der Waals surface area contributed by atoms with E-state index in [4.69, 9.17) is 21.3 Å². The van der Waals surface area contributed by atoms with Gasteiger partial charge in [-0.2, -0.15) is 5.26 Å². The highest BCUT2D eigenvalue weighted by Gasteiger charge is 2.42. The average molecular weight is 843 g/mol. The van der Waals surface area contributed by atoms with Gasteiger partial charge in [0, 0.05) is 80.1 Å².